The van der Waals surface area contributed by atoms with Gasteiger partial charge in [-0.05, 0) is 30.4 Å². The Morgan fingerprint density at radius 2 is 2.06 bits per heavy atom. The fourth-order valence-corrected chi connectivity index (χ4v) is 4.87. The number of primary amides is 1. The summed E-state index contributed by atoms with van der Waals surface area (Å²) in [6.45, 7) is 2.74. The van der Waals surface area contributed by atoms with Gasteiger partial charge >= 0.3 is 6.09 Å². The number of halogens is 1. The highest BCUT2D eigenvalue weighted by Crippen LogP contribution is 2.53. The van der Waals surface area contributed by atoms with E-state index in [0.29, 0.717) is 18.8 Å². The average molecular weight is 456 g/mol. The van der Waals surface area contributed by atoms with Gasteiger partial charge in [-0.1, -0.05) is 6.92 Å². The lowest BCUT2D eigenvalue weighted by atomic mass is 9.86. The number of fused-ring (bicyclic) bond motifs is 1. The van der Waals surface area contributed by atoms with E-state index in [4.69, 9.17) is 10.5 Å². The molecule has 2 aliphatic heterocycles. The van der Waals surface area contributed by atoms with Crippen molar-refractivity contribution in [1.29, 1.82) is 0 Å². The molecule has 2 aromatic heterocycles. The molecule has 0 spiro atoms. The summed E-state index contributed by atoms with van der Waals surface area (Å²) >= 11 is 0. The summed E-state index contributed by atoms with van der Waals surface area (Å²) in [5.41, 5.74) is 6.73. The van der Waals surface area contributed by atoms with Crippen LogP contribution in [0.2, 0.25) is 0 Å². The summed E-state index contributed by atoms with van der Waals surface area (Å²) in [6.07, 6.45) is 0.467. The maximum absolute atomic E-state index is 15.5. The van der Waals surface area contributed by atoms with Gasteiger partial charge in [0.05, 0.1) is 17.4 Å². The van der Waals surface area contributed by atoms with Crippen molar-refractivity contribution in [2.75, 3.05) is 18.0 Å². The number of aromatic nitrogens is 3. The predicted octanol–water partition coefficient (Wildman–Crippen LogP) is 2.30. The summed E-state index contributed by atoms with van der Waals surface area (Å²) in [6, 6.07) is 4.26. The minimum atomic E-state index is -1.45. The minimum Gasteiger partial charge on any atom is -0.471 e. The molecule has 1 saturated carbocycles. The van der Waals surface area contributed by atoms with E-state index in [-0.39, 0.29) is 30.0 Å². The fourth-order valence-electron chi connectivity index (χ4n) is 4.87. The monoisotopic (exact) mass is 456 g/mol. The van der Waals surface area contributed by atoms with Crippen LogP contribution < -0.4 is 15.4 Å². The number of likely N-dealkylation sites (tertiary alicyclic amines) is 1. The second-order valence-electron chi connectivity index (χ2n) is 9.11. The van der Waals surface area contributed by atoms with Crippen molar-refractivity contribution in [2.24, 2.45) is 11.1 Å². The summed E-state index contributed by atoms with van der Waals surface area (Å²) in [5, 5.41) is 9.54. The SMILES string of the molecule is CC1(C2[C@@H](F)[C@@H](Oc3cc(N4CCc5nc(C(N)=O)ccc54)ncn3)CCN2C(=O)O)CC1. The van der Waals surface area contributed by atoms with E-state index < -0.39 is 30.3 Å². The predicted molar refractivity (Wildman–Crippen MR) is 115 cm³/mol. The summed E-state index contributed by atoms with van der Waals surface area (Å²) < 4.78 is 21.5. The molecule has 11 heteroatoms. The van der Waals surface area contributed by atoms with E-state index in [1.54, 1.807) is 18.2 Å². The number of rotatable bonds is 5. The van der Waals surface area contributed by atoms with E-state index in [9.17, 15) is 14.7 Å². The van der Waals surface area contributed by atoms with Gasteiger partial charge in [-0.2, -0.15) is 0 Å². The Bertz CT molecular complexity index is 1110. The second kappa shape index (κ2) is 7.82. The molecule has 2 aromatic rings. The average Bonchev–Trinajstić information content (AvgIpc) is 3.38. The molecule has 10 nitrogen and oxygen atoms in total. The van der Waals surface area contributed by atoms with E-state index in [2.05, 4.69) is 15.0 Å². The van der Waals surface area contributed by atoms with Crippen LogP contribution in [-0.4, -0.2) is 68.4 Å². The summed E-state index contributed by atoms with van der Waals surface area (Å²) in [5.74, 6) is 0.213. The number of hydrogen-bond donors (Lipinski definition) is 2. The Kier molecular flexibility index (Phi) is 5.06. The first-order valence-electron chi connectivity index (χ1n) is 11.0. The smallest absolute Gasteiger partial charge is 0.407 e. The maximum atomic E-state index is 15.5. The molecule has 174 valence electrons. The number of pyridine rings is 1. The zero-order valence-corrected chi connectivity index (χ0v) is 18.1. The number of carbonyl (C=O) groups is 2. The van der Waals surface area contributed by atoms with Crippen molar-refractivity contribution < 1.29 is 23.8 Å². The first kappa shape index (κ1) is 21.4. The van der Waals surface area contributed by atoms with Gasteiger partial charge in [0, 0.05) is 32.0 Å². The highest BCUT2D eigenvalue weighted by atomic mass is 19.1. The third-order valence-electron chi connectivity index (χ3n) is 6.89. The lowest BCUT2D eigenvalue weighted by molar-refractivity contribution is -0.0388. The van der Waals surface area contributed by atoms with Crippen LogP contribution in [0.4, 0.5) is 20.7 Å². The number of alkyl halides is 1. The van der Waals surface area contributed by atoms with Gasteiger partial charge < -0.3 is 25.4 Å². The Hall–Kier alpha value is -3.50. The molecule has 1 unspecified atom stereocenters. The van der Waals surface area contributed by atoms with E-state index in [1.165, 1.54) is 11.2 Å². The molecule has 33 heavy (non-hydrogen) atoms. The topological polar surface area (TPSA) is 135 Å². The number of amides is 2. The largest absolute Gasteiger partial charge is 0.471 e. The van der Waals surface area contributed by atoms with Gasteiger partial charge in [0.15, 0.2) is 6.17 Å². The molecule has 0 radical (unpaired) electrons. The van der Waals surface area contributed by atoms with Crippen molar-refractivity contribution in [1.82, 2.24) is 19.9 Å². The van der Waals surface area contributed by atoms with Crippen LogP contribution in [0.25, 0.3) is 0 Å². The van der Waals surface area contributed by atoms with Gasteiger partial charge in [-0.25, -0.2) is 24.1 Å². The number of nitrogens with zero attached hydrogens (tertiary/aromatic N) is 5. The van der Waals surface area contributed by atoms with Gasteiger partial charge in [0.1, 0.15) is 23.9 Å². The molecule has 1 saturated heterocycles. The van der Waals surface area contributed by atoms with Crippen molar-refractivity contribution >= 4 is 23.5 Å². The third kappa shape index (κ3) is 3.81. The molecule has 3 atom stereocenters. The minimum absolute atomic E-state index is 0.211. The third-order valence-corrected chi connectivity index (χ3v) is 6.89. The van der Waals surface area contributed by atoms with Crippen molar-refractivity contribution in [3.63, 3.8) is 0 Å². The van der Waals surface area contributed by atoms with Crippen LogP contribution in [0.3, 0.4) is 0 Å². The van der Waals surface area contributed by atoms with Crippen molar-refractivity contribution in [3.05, 3.63) is 35.9 Å². The van der Waals surface area contributed by atoms with Gasteiger partial charge in [-0.15, -0.1) is 0 Å². The number of piperidine rings is 1. The number of carbonyl (C=O) groups excluding carboxylic acids is 1. The molecule has 5 rings (SSSR count). The lowest BCUT2D eigenvalue weighted by Crippen LogP contribution is -2.59. The summed E-state index contributed by atoms with van der Waals surface area (Å²) in [7, 11) is 0. The molecule has 2 amide bonds. The number of ether oxygens (including phenoxy) is 1. The lowest BCUT2D eigenvalue weighted by Gasteiger charge is -2.43. The zero-order chi connectivity index (χ0) is 23.3. The van der Waals surface area contributed by atoms with Crippen LogP contribution >= 0.6 is 0 Å². The first-order valence-corrected chi connectivity index (χ1v) is 11.0. The van der Waals surface area contributed by atoms with E-state index in [0.717, 1.165) is 24.2 Å². The van der Waals surface area contributed by atoms with Gasteiger partial charge in [-0.3, -0.25) is 4.79 Å². The van der Waals surface area contributed by atoms with Crippen LogP contribution in [0.1, 0.15) is 42.4 Å². The number of carboxylic acid groups (broad SMARTS) is 1. The standard InChI is InChI=1S/C22H25FN6O4/c1-22(6-7-22)19-18(23)15(5-9-29(19)21(31)32)33-17-10-16(25-11-26-17)28-8-4-12-14(28)3-2-13(27-12)20(24)30/h2-3,10-11,15,18-19H,4-9H2,1H3,(H2,24,30)(H,31,32)/t15-,18-,19?/m0/s1. The van der Waals surface area contributed by atoms with Crippen LogP contribution in [0.15, 0.2) is 24.5 Å². The Labute approximate surface area is 189 Å². The van der Waals surface area contributed by atoms with Crippen LogP contribution in [0, 0.1) is 5.41 Å². The maximum Gasteiger partial charge on any atom is 0.407 e. The molecular formula is C22H25FN6O4. The Morgan fingerprint density at radius 3 is 2.76 bits per heavy atom. The van der Waals surface area contributed by atoms with Crippen LogP contribution in [0.5, 0.6) is 5.88 Å². The normalized spacial score (nSPS) is 25.5. The number of hydrogen-bond acceptors (Lipinski definition) is 7. The Balaban J connectivity index is 1.35. The number of nitrogens with two attached hydrogens (primary N) is 1. The molecule has 3 aliphatic rings. The number of anilines is 2. The molecular weight excluding hydrogens is 431 g/mol. The molecule has 3 N–H and O–H groups in total. The first-order chi connectivity index (χ1) is 15.8. The second-order valence-corrected chi connectivity index (χ2v) is 9.11. The van der Waals surface area contributed by atoms with Gasteiger partial charge in [0.25, 0.3) is 5.91 Å². The highest BCUT2D eigenvalue weighted by Gasteiger charge is 2.56. The van der Waals surface area contributed by atoms with Crippen molar-refractivity contribution in [3.8, 4) is 5.88 Å². The Morgan fingerprint density at radius 1 is 1.27 bits per heavy atom. The molecule has 4 heterocycles. The van der Waals surface area contributed by atoms with Crippen molar-refractivity contribution in [2.45, 2.75) is 50.9 Å². The van der Waals surface area contributed by atoms with Gasteiger partial charge in [0.2, 0.25) is 5.88 Å². The zero-order valence-electron chi connectivity index (χ0n) is 18.1. The molecule has 0 bridgehead atoms. The van der Waals surface area contributed by atoms with E-state index >= 15 is 4.39 Å². The molecule has 2 fully saturated rings. The fraction of sp³-hybridized carbons (Fsp3) is 0.500. The highest BCUT2D eigenvalue weighted by molar-refractivity contribution is 5.91. The molecule has 1 aliphatic carbocycles. The van der Waals surface area contributed by atoms with Crippen LogP contribution in [-0.2, 0) is 6.42 Å². The van der Waals surface area contributed by atoms with E-state index in [1.807, 2.05) is 11.8 Å². The quantitative estimate of drug-likeness (QED) is 0.700. The summed E-state index contributed by atoms with van der Waals surface area (Å²) in [4.78, 5) is 39.0. The molecule has 0 aromatic carbocycles.